The van der Waals surface area contributed by atoms with Crippen LogP contribution in [0.15, 0.2) is 30.3 Å². The van der Waals surface area contributed by atoms with Crippen molar-refractivity contribution in [2.45, 2.75) is 6.92 Å². The lowest BCUT2D eigenvalue weighted by Gasteiger charge is -2.17. The smallest absolute Gasteiger partial charge is 0.0593 e. The highest BCUT2D eigenvalue weighted by Gasteiger charge is 1.97. The Kier molecular flexibility index (Phi) is 6.61. The van der Waals surface area contributed by atoms with Crippen LogP contribution in [-0.4, -0.2) is 44.8 Å². The fraction of sp³-hybridized carbons (Fsp3) is 0.538. The van der Waals surface area contributed by atoms with Crippen LogP contribution in [0.5, 0.6) is 0 Å². The van der Waals surface area contributed by atoms with E-state index in [1.54, 1.807) is 0 Å². The predicted molar refractivity (Wildman–Crippen MR) is 68.9 cm³/mol. The van der Waals surface area contributed by atoms with Crippen LogP contribution in [-0.2, 0) is 4.74 Å². The topological polar surface area (TPSA) is 24.5 Å². The molecule has 0 saturated carbocycles. The van der Waals surface area contributed by atoms with Crippen LogP contribution < -0.4 is 5.32 Å². The lowest BCUT2D eigenvalue weighted by Crippen LogP contribution is -2.28. The standard InChI is InChI=1S/C13H22N2O/c1-3-16-12-11-15(2)10-9-14-13-7-5-4-6-8-13/h4-8,14H,3,9-12H2,1-2H3. The van der Waals surface area contributed by atoms with Crippen molar-refractivity contribution in [3.8, 4) is 0 Å². The summed E-state index contributed by atoms with van der Waals surface area (Å²) >= 11 is 0. The fourth-order valence-electron chi connectivity index (χ4n) is 1.42. The van der Waals surface area contributed by atoms with Crippen LogP contribution in [0.1, 0.15) is 6.92 Å². The first-order chi connectivity index (χ1) is 7.83. The van der Waals surface area contributed by atoms with Gasteiger partial charge in [-0.15, -0.1) is 0 Å². The van der Waals surface area contributed by atoms with Gasteiger partial charge in [0.05, 0.1) is 6.61 Å². The lowest BCUT2D eigenvalue weighted by molar-refractivity contribution is 0.123. The molecule has 0 unspecified atom stereocenters. The molecule has 0 saturated heterocycles. The van der Waals surface area contributed by atoms with Crippen molar-refractivity contribution in [1.82, 2.24) is 4.90 Å². The van der Waals surface area contributed by atoms with E-state index in [1.807, 2.05) is 25.1 Å². The highest BCUT2D eigenvalue weighted by molar-refractivity contribution is 5.42. The molecule has 1 aromatic rings. The van der Waals surface area contributed by atoms with Gasteiger partial charge in [-0.2, -0.15) is 0 Å². The first-order valence-electron chi connectivity index (χ1n) is 5.88. The molecule has 0 heterocycles. The number of para-hydroxylation sites is 1. The van der Waals surface area contributed by atoms with Crippen molar-refractivity contribution in [3.63, 3.8) is 0 Å². The summed E-state index contributed by atoms with van der Waals surface area (Å²) in [6.45, 7) is 6.63. The molecule has 1 N–H and O–H groups in total. The molecule has 0 atom stereocenters. The van der Waals surface area contributed by atoms with Crippen molar-refractivity contribution < 1.29 is 4.74 Å². The average molecular weight is 222 g/mol. The van der Waals surface area contributed by atoms with Crippen LogP contribution in [0.2, 0.25) is 0 Å². The molecule has 90 valence electrons. The zero-order valence-corrected chi connectivity index (χ0v) is 10.3. The SMILES string of the molecule is CCOCCN(C)CCNc1ccccc1. The molecule has 1 rings (SSSR count). The predicted octanol–water partition coefficient (Wildman–Crippen LogP) is 2.07. The van der Waals surface area contributed by atoms with Gasteiger partial charge in [-0.1, -0.05) is 18.2 Å². The molecule has 1 aromatic carbocycles. The van der Waals surface area contributed by atoms with Gasteiger partial charge in [0.25, 0.3) is 0 Å². The Hall–Kier alpha value is -1.06. The minimum atomic E-state index is 0.802. The number of rotatable bonds is 8. The van der Waals surface area contributed by atoms with Gasteiger partial charge in [-0.3, -0.25) is 0 Å². The molecule has 0 fully saturated rings. The van der Waals surface area contributed by atoms with E-state index in [0.29, 0.717) is 0 Å². The number of nitrogens with zero attached hydrogens (tertiary/aromatic N) is 1. The van der Waals surface area contributed by atoms with Gasteiger partial charge in [0.1, 0.15) is 0 Å². The summed E-state index contributed by atoms with van der Waals surface area (Å²) in [4.78, 5) is 2.27. The normalized spacial score (nSPS) is 10.7. The Labute approximate surface area is 98.4 Å². The van der Waals surface area contributed by atoms with E-state index in [1.165, 1.54) is 5.69 Å². The number of hydrogen-bond donors (Lipinski definition) is 1. The average Bonchev–Trinajstić information content (AvgIpc) is 2.31. The third-order valence-electron chi connectivity index (χ3n) is 2.42. The van der Waals surface area contributed by atoms with E-state index in [2.05, 4.69) is 29.4 Å². The van der Waals surface area contributed by atoms with Gasteiger partial charge >= 0.3 is 0 Å². The van der Waals surface area contributed by atoms with E-state index in [4.69, 9.17) is 4.74 Å². The molecule has 0 aliphatic carbocycles. The summed E-state index contributed by atoms with van der Waals surface area (Å²) in [5, 5.41) is 3.38. The number of likely N-dealkylation sites (N-methyl/N-ethyl adjacent to an activating group) is 1. The first-order valence-corrected chi connectivity index (χ1v) is 5.88. The maximum atomic E-state index is 5.31. The molecule has 0 amide bonds. The van der Waals surface area contributed by atoms with Gasteiger partial charge in [-0.25, -0.2) is 0 Å². The third-order valence-corrected chi connectivity index (χ3v) is 2.42. The van der Waals surface area contributed by atoms with Crippen molar-refractivity contribution in [3.05, 3.63) is 30.3 Å². The summed E-state index contributed by atoms with van der Waals surface area (Å²) in [5.74, 6) is 0. The maximum Gasteiger partial charge on any atom is 0.0593 e. The Balaban J connectivity index is 2.06. The zero-order chi connectivity index (χ0) is 11.6. The van der Waals surface area contributed by atoms with E-state index in [-0.39, 0.29) is 0 Å². The molecular formula is C13H22N2O. The minimum absolute atomic E-state index is 0.802. The number of hydrogen-bond acceptors (Lipinski definition) is 3. The van der Waals surface area contributed by atoms with E-state index in [0.717, 1.165) is 32.8 Å². The highest BCUT2D eigenvalue weighted by Crippen LogP contribution is 2.03. The van der Waals surface area contributed by atoms with E-state index < -0.39 is 0 Å². The second-order valence-electron chi connectivity index (χ2n) is 3.79. The number of benzene rings is 1. The molecule has 16 heavy (non-hydrogen) atoms. The Morgan fingerprint density at radius 2 is 1.94 bits per heavy atom. The van der Waals surface area contributed by atoms with Crippen LogP contribution in [0, 0.1) is 0 Å². The highest BCUT2D eigenvalue weighted by atomic mass is 16.5. The summed E-state index contributed by atoms with van der Waals surface area (Å²) in [6, 6.07) is 10.3. The van der Waals surface area contributed by atoms with Crippen molar-refractivity contribution >= 4 is 5.69 Å². The molecule has 0 aromatic heterocycles. The summed E-state index contributed by atoms with van der Waals surface area (Å²) in [6.07, 6.45) is 0. The molecule has 0 bridgehead atoms. The monoisotopic (exact) mass is 222 g/mol. The summed E-state index contributed by atoms with van der Waals surface area (Å²) < 4.78 is 5.31. The van der Waals surface area contributed by atoms with Gasteiger partial charge in [0, 0.05) is 31.9 Å². The molecule has 0 aliphatic rings. The second-order valence-corrected chi connectivity index (χ2v) is 3.79. The maximum absolute atomic E-state index is 5.31. The van der Waals surface area contributed by atoms with Crippen molar-refractivity contribution in [2.75, 3.05) is 45.2 Å². The van der Waals surface area contributed by atoms with Gasteiger partial charge in [0.15, 0.2) is 0 Å². The quantitative estimate of drug-likeness (QED) is 0.681. The number of nitrogens with one attached hydrogen (secondary N) is 1. The van der Waals surface area contributed by atoms with Crippen LogP contribution in [0.25, 0.3) is 0 Å². The molecule has 3 nitrogen and oxygen atoms in total. The third kappa shape index (κ3) is 5.73. The first kappa shape index (κ1) is 13.0. The van der Waals surface area contributed by atoms with E-state index >= 15 is 0 Å². The summed E-state index contributed by atoms with van der Waals surface area (Å²) in [7, 11) is 2.12. The van der Waals surface area contributed by atoms with Gasteiger partial charge < -0.3 is 15.0 Å². The molecule has 0 radical (unpaired) electrons. The minimum Gasteiger partial charge on any atom is -0.384 e. The van der Waals surface area contributed by atoms with Gasteiger partial charge in [0.2, 0.25) is 0 Å². The second kappa shape index (κ2) is 8.13. The van der Waals surface area contributed by atoms with Crippen LogP contribution >= 0.6 is 0 Å². The number of anilines is 1. The van der Waals surface area contributed by atoms with Gasteiger partial charge in [-0.05, 0) is 26.1 Å². The number of ether oxygens (including phenoxy) is 1. The fourth-order valence-corrected chi connectivity index (χ4v) is 1.42. The van der Waals surface area contributed by atoms with Crippen LogP contribution in [0.3, 0.4) is 0 Å². The zero-order valence-electron chi connectivity index (χ0n) is 10.3. The van der Waals surface area contributed by atoms with Crippen molar-refractivity contribution in [2.24, 2.45) is 0 Å². The molecule has 0 aliphatic heterocycles. The van der Waals surface area contributed by atoms with Crippen LogP contribution in [0.4, 0.5) is 5.69 Å². The molecule has 0 spiro atoms. The Morgan fingerprint density at radius 3 is 2.62 bits per heavy atom. The Bertz CT molecular complexity index is 264. The Morgan fingerprint density at radius 1 is 1.19 bits per heavy atom. The lowest BCUT2D eigenvalue weighted by atomic mass is 10.3. The largest absolute Gasteiger partial charge is 0.384 e. The molecule has 3 heteroatoms. The molecular weight excluding hydrogens is 200 g/mol. The van der Waals surface area contributed by atoms with E-state index in [9.17, 15) is 0 Å². The summed E-state index contributed by atoms with van der Waals surface area (Å²) in [5.41, 5.74) is 1.18. The van der Waals surface area contributed by atoms with Crippen molar-refractivity contribution in [1.29, 1.82) is 0 Å².